The maximum atomic E-state index is 5.60. The molecule has 0 saturated heterocycles. The van der Waals surface area contributed by atoms with Crippen LogP contribution in [0.25, 0.3) is 0 Å². The summed E-state index contributed by atoms with van der Waals surface area (Å²) in [7, 11) is 1.64. The van der Waals surface area contributed by atoms with E-state index in [4.69, 9.17) is 10.5 Å². The first-order valence-electron chi connectivity index (χ1n) is 5.72. The highest BCUT2D eigenvalue weighted by Crippen LogP contribution is 2.48. The van der Waals surface area contributed by atoms with Crippen LogP contribution in [0.2, 0.25) is 0 Å². The molecule has 1 fully saturated rings. The number of anilines is 1. The Kier molecular flexibility index (Phi) is 3.29. The minimum absolute atomic E-state index is 0.441. The summed E-state index contributed by atoms with van der Waals surface area (Å²) < 4.78 is 5.06. The summed E-state index contributed by atoms with van der Waals surface area (Å²) >= 11 is 0. The third-order valence-electron chi connectivity index (χ3n) is 3.25. The predicted octanol–water partition coefficient (Wildman–Crippen LogP) is 1.63. The summed E-state index contributed by atoms with van der Waals surface area (Å²) in [6.07, 6.45) is 5.40. The smallest absolute Gasteiger partial charge is 0.137 e. The molecule has 0 aromatic carbocycles. The number of hydrogen-bond acceptors (Lipinski definition) is 4. The van der Waals surface area contributed by atoms with Crippen molar-refractivity contribution in [1.82, 2.24) is 4.98 Å². The van der Waals surface area contributed by atoms with Gasteiger partial charge in [0.05, 0.1) is 13.3 Å². The summed E-state index contributed by atoms with van der Waals surface area (Å²) in [5, 5.41) is 3.36. The maximum absolute atomic E-state index is 5.60. The summed E-state index contributed by atoms with van der Waals surface area (Å²) in [5.74, 6) is 1.69. The van der Waals surface area contributed by atoms with Crippen molar-refractivity contribution in [1.29, 1.82) is 0 Å². The van der Waals surface area contributed by atoms with Crippen molar-refractivity contribution in [2.24, 2.45) is 11.1 Å². The van der Waals surface area contributed by atoms with E-state index in [1.807, 2.05) is 12.1 Å². The van der Waals surface area contributed by atoms with Crippen molar-refractivity contribution in [3.63, 3.8) is 0 Å². The fraction of sp³-hybridized carbons (Fsp3) is 0.583. The van der Waals surface area contributed by atoms with Crippen LogP contribution in [0.15, 0.2) is 18.3 Å². The second-order valence-corrected chi connectivity index (χ2v) is 4.48. The first kappa shape index (κ1) is 11.2. The van der Waals surface area contributed by atoms with Crippen LogP contribution in [0, 0.1) is 5.41 Å². The lowest BCUT2D eigenvalue weighted by molar-refractivity contribution is 0.413. The molecule has 1 aromatic heterocycles. The molecule has 4 nitrogen and oxygen atoms in total. The largest absolute Gasteiger partial charge is 0.495 e. The van der Waals surface area contributed by atoms with Crippen molar-refractivity contribution in [2.45, 2.75) is 19.3 Å². The van der Waals surface area contributed by atoms with Gasteiger partial charge < -0.3 is 15.8 Å². The second-order valence-electron chi connectivity index (χ2n) is 4.48. The molecule has 0 unspecified atom stereocenters. The Bertz CT molecular complexity index is 333. The molecule has 4 heteroatoms. The first-order valence-corrected chi connectivity index (χ1v) is 5.72. The highest BCUT2D eigenvalue weighted by molar-refractivity contribution is 5.38. The Labute approximate surface area is 96.2 Å². The van der Waals surface area contributed by atoms with Crippen LogP contribution >= 0.6 is 0 Å². The molecule has 0 radical (unpaired) electrons. The average Bonchev–Trinajstić information content (AvgIpc) is 3.08. The molecule has 2 rings (SSSR count). The van der Waals surface area contributed by atoms with Crippen LogP contribution < -0.4 is 15.8 Å². The molecular weight excluding hydrogens is 202 g/mol. The van der Waals surface area contributed by atoms with E-state index >= 15 is 0 Å². The highest BCUT2D eigenvalue weighted by Gasteiger charge is 2.41. The third-order valence-corrected chi connectivity index (χ3v) is 3.25. The molecule has 16 heavy (non-hydrogen) atoms. The molecule has 0 aliphatic heterocycles. The minimum atomic E-state index is 0.441. The van der Waals surface area contributed by atoms with Crippen LogP contribution in [-0.4, -0.2) is 25.2 Å². The van der Waals surface area contributed by atoms with Crippen LogP contribution in [-0.2, 0) is 0 Å². The molecule has 0 bridgehead atoms. The fourth-order valence-corrected chi connectivity index (χ4v) is 1.88. The number of pyridine rings is 1. The van der Waals surface area contributed by atoms with E-state index in [0.29, 0.717) is 5.41 Å². The lowest BCUT2D eigenvalue weighted by atomic mass is 10.0. The van der Waals surface area contributed by atoms with Gasteiger partial charge in [0.2, 0.25) is 0 Å². The zero-order valence-electron chi connectivity index (χ0n) is 9.70. The molecule has 0 spiro atoms. The van der Waals surface area contributed by atoms with Crippen molar-refractivity contribution < 1.29 is 4.74 Å². The van der Waals surface area contributed by atoms with Crippen LogP contribution in [0.1, 0.15) is 19.3 Å². The summed E-state index contributed by atoms with van der Waals surface area (Å²) in [4.78, 5) is 4.27. The number of ether oxygens (including phenoxy) is 1. The van der Waals surface area contributed by atoms with Gasteiger partial charge in [-0.25, -0.2) is 4.98 Å². The summed E-state index contributed by atoms with van der Waals surface area (Å²) in [6.45, 7) is 1.75. The number of rotatable bonds is 6. The van der Waals surface area contributed by atoms with Crippen molar-refractivity contribution in [3.8, 4) is 5.75 Å². The molecule has 0 atom stereocenters. The number of nitrogens with two attached hydrogens (primary N) is 1. The van der Waals surface area contributed by atoms with E-state index in [1.54, 1.807) is 13.3 Å². The first-order chi connectivity index (χ1) is 7.78. The molecule has 3 N–H and O–H groups in total. The standard InChI is InChI=1S/C12H19N3O/c1-16-10-2-3-11(14-8-10)15-9-12(4-5-12)6-7-13/h2-3,8H,4-7,9,13H2,1H3,(H,14,15). The van der Waals surface area contributed by atoms with Gasteiger partial charge in [0.1, 0.15) is 11.6 Å². The van der Waals surface area contributed by atoms with E-state index in [9.17, 15) is 0 Å². The highest BCUT2D eigenvalue weighted by atomic mass is 16.5. The molecular formula is C12H19N3O. The lowest BCUT2D eigenvalue weighted by Crippen LogP contribution is -2.19. The second kappa shape index (κ2) is 4.70. The van der Waals surface area contributed by atoms with Gasteiger partial charge in [0.25, 0.3) is 0 Å². The van der Waals surface area contributed by atoms with Gasteiger partial charge in [-0.05, 0) is 43.4 Å². The van der Waals surface area contributed by atoms with Gasteiger partial charge in [-0.3, -0.25) is 0 Å². The molecule has 1 aliphatic rings. The van der Waals surface area contributed by atoms with Gasteiger partial charge in [-0.15, -0.1) is 0 Å². The van der Waals surface area contributed by atoms with Gasteiger partial charge in [0.15, 0.2) is 0 Å². The van der Waals surface area contributed by atoms with Crippen molar-refractivity contribution >= 4 is 5.82 Å². The third kappa shape index (κ3) is 2.64. The zero-order valence-corrected chi connectivity index (χ0v) is 9.70. The Balaban J connectivity index is 1.85. The zero-order chi connectivity index (χ0) is 11.4. The molecule has 88 valence electrons. The van der Waals surface area contributed by atoms with Gasteiger partial charge in [-0.1, -0.05) is 0 Å². The number of aromatic nitrogens is 1. The normalized spacial score (nSPS) is 16.9. The fourth-order valence-electron chi connectivity index (χ4n) is 1.88. The molecule has 0 amide bonds. The summed E-state index contributed by atoms with van der Waals surface area (Å²) in [5.41, 5.74) is 6.04. The topological polar surface area (TPSA) is 60.2 Å². The Hall–Kier alpha value is -1.29. The average molecular weight is 221 g/mol. The Morgan fingerprint density at radius 1 is 1.50 bits per heavy atom. The van der Waals surface area contributed by atoms with Crippen molar-refractivity contribution in [2.75, 3.05) is 25.5 Å². The Morgan fingerprint density at radius 3 is 2.81 bits per heavy atom. The van der Waals surface area contributed by atoms with E-state index in [2.05, 4.69) is 10.3 Å². The van der Waals surface area contributed by atoms with E-state index < -0.39 is 0 Å². The predicted molar refractivity (Wildman–Crippen MR) is 64.6 cm³/mol. The van der Waals surface area contributed by atoms with E-state index in [1.165, 1.54) is 12.8 Å². The number of hydrogen-bond donors (Lipinski definition) is 2. The maximum Gasteiger partial charge on any atom is 0.137 e. The quantitative estimate of drug-likeness (QED) is 0.766. The monoisotopic (exact) mass is 221 g/mol. The molecule has 1 aromatic rings. The lowest BCUT2D eigenvalue weighted by Gasteiger charge is -2.15. The SMILES string of the molecule is COc1ccc(NCC2(CCN)CC2)nc1. The van der Waals surface area contributed by atoms with Crippen molar-refractivity contribution in [3.05, 3.63) is 18.3 Å². The Morgan fingerprint density at radius 2 is 2.31 bits per heavy atom. The molecule has 1 saturated carbocycles. The molecule has 1 aliphatic carbocycles. The van der Waals surface area contributed by atoms with Crippen LogP contribution in [0.4, 0.5) is 5.82 Å². The number of nitrogens with one attached hydrogen (secondary N) is 1. The number of methoxy groups -OCH3 is 1. The van der Waals surface area contributed by atoms with Crippen LogP contribution in [0.5, 0.6) is 5.75 Å². The summed E-state index contributed by atoms with van der Waals surface area (Å²) in [6, 6.07) is 3.86. The van der Waals surface area contributed by atoms with E-state index in [0.717, 1.165) is 31.1 Å². The number of nitrogens with zero attached hydrogens (tertiary/aromatic N) is 1. The van der Waals surface area contributed by atoms with Gasteiger partial charge >= 0.3 is 0 Å². The van der Waals surface area contributed by atoms with E-state index in [-0.39, 0.29) is 0 Å². The minimum Gasteiger partial charge on any atom is -0.495 e. The van der Waals surface area contributed by atoms with Crippen LogP contribution in [0.3, 0.4) is 0 Å². The van der Waals surface area contributed by atoms with Gasteiger partial charge in [-0.2, -0.15) is 0 Å². The van der Waals surface area contributed by atoms with Gasteiger partial charge in [0, 0.05) is 6.54 Å². The molecule has 1 heterocycles.